The molecule has 1 fully saturated rings. The highest BCUT2D eigenvalue weighted by molar-refractivity contribution is 5.87. The maximum Gasteiger partial charge on any atom is 0.328 e. The number of carbonyl (C=O) groups excluding carboxylic acids is 2. The molecule has 1 N–H and O–H groups in total. The van der Waals surface area contributed by atoms with Crippen molar-refractivity contribution < 1.29 is 14.3 Å². The maximum atomic E-state index is 12.8. The summed E-state index contributed by atoms with van der Waals surface area (Å²) < 4.78 is 5.15. The largest absolute Gasteiger partial charge is 0.464 e. The highest BCUT2D eigenvalue weighted by atomic mass is 16.5. The fourth-order valence-electron chi connectivity index (χ4n) is 3.79. The van der Waals surface area contributed by atoms with Crippen LogP contribution in [0.2, 0.25) is 0 Å². The summed E-state index contributed by atoms with van der Waals surface area (Å²) in [5.41, 5.74) is 1.17. The number of benzene rings is 2. The molecule has 1 aliphatic rings. The van der Waals surface area contributed by atoms with Crippen LogP contribution < -0.4 is 5.32 Å². The van der Waals surface area contributed by atoms with E-state index in [1.165, 1.54) is 16.3 Å². The number of nitrogens with one attached hydrogen (secondary N) is 1. The zero-order valence-electron chi connectivity index (χ0n) is 16.1. The van der Waals surface area contributed by atoms with E-state index in [4.69, 9.17) is 4.74 Å². The van der Waals surface area contributed by atoms with E-state index in [0.717, 1.165) is 12.8 Å². The van der Waals surface area contributed by atoms with Crippen molar-refractivity contribution in [2.75, 3.05) is 19.7 Å². The van der Waals surface area contributed by atoms with E-state index >= 15 is 0 Å². The molecule has 0 radical (unpaired) electrons. The Morgan fingerprint density at radius 2 is 1.96 bits per heavy atom. The standard InChI is InChI=1S/C22H28N2O3/c1-3-27-22(26)20-13-6-7-14-24(20)21(25)15-23-16(2)18-12-8-10-17-9-4-5-11-19(17)18/h4-5,8-12,16,20,23H,3,6-7,13-15H2,1-2H3. The number of likely N-dealkylation sites (tertiary alicyclic amines) is 1. The van der Waals surface area contributed by atoms with Crippen LogP contribution in [-0.4, -0.2) is 42.5 Å². The van der Waals surface area contributed by atoms with Crippen LogP contribution in [0.4, 0.5) is 0 Å². The molecule has 1 heterocycles. The molecule has 5 heteroatoms. The summed E-state index contributed by atoms with van der Waals surface area (Å²) in [6.45, 7) is 5.02. The number of ether oxygens (including phenoxy) is 1. The van der Waals surface area contributed by atoms with Gasteiger partial charge in [-0.05, 0) is 49.4 Å². The Kier molecular flexibility index (Phi) is 6.45. The van der Waals surface area contributed by atoms with Gasteiger partial charge in [-0.1, -0.05) is 42.5 Å². The molecule has 144 valence electrons. The molecule has 27 heavy (non-hydrogen) atoms. The van der Waals surface area contributed by atoms with Gasteiger partial charge in [0.2, 0.25) is 5.91 Å². The van der Waals surface area contributed by atoms with Crippen molar-refractivity contribution in [2.24, 2.45) is 0 Å². The third-order valence-electron chi connectivity index (χ3n) is 5.23. The summed E-state index contributed by atoms with van der Waals surface area (Å²) in [5, 5.41) is 5.71. The SMILES string of the molecule is CCOC(=O)C1CCCCN1C(=O)CNC(C)c1cccc2ccccc12. The van der Waals surface area contributed by atoms with Crippen molar-refractivity contribution in [1.29, 1.82) is 0 Å². The van der Waals surface area contributed by atoms with Gasteiger partial charge in [0.25, 0.3) is 0 Å². The Balaban J connectivity index is 1.66. The van der Waals surface area contributed by atoms with Gasteiger partial charge >= 0.3 is 5.97 Å². The molecule has 1 amide bonds. The van der Waals surface area contributed by atoms with E-state index in [-0.39, 0.29) is 24.5 Å². The van der Waals surface area contributed by atoms with Crippen LogP contribution in [0.5, 0.6) is 0 Å². The molecule has 5 nitrogen and oxygen atoms in total. The van der Waals surface area contributed by atoms with Gasteiger partial charge in [0.15, 0.2) is 0 Å². The highest BCUT2D eigenvalue weighted by Crippen LogP contribution is 2.24. The number of rotatable bonds is 6. The lowest BCUT2D eigenvalue weighted by Crippen LogP contribution is -2.51. The first-order valence-corrected chi connectivity index (χ1v) is 9.79. The number of carbonyl (C=O) groups is 2. The average molecular weight is 368 g/mol. The van der Waals surface area contributed by atoms with Crippen molar-refractivity contribution >= 4 is 22.6 Å². The minimum absolute atomic E-state index is 0.0332. The maximum absolute atomic E-state index is 12.8. The van der Waals surface area contributed by atoms with Crippen molar-refractivity contribution in [2.45, 2.75) is 45.2 Å². The lowest BCUT2D eigenvalue weighted by Gasteiger charge is -2.34. The van der Waals surface area contributed by atoms with Gasteiger partial charge in [0.05, 0.1) is 13.2 Å². The normalized spacial score (nSPS) is 18.3. The number of nitrogens with zero attached hydrogens (tertiary/aromatic N) is 1. The number of amides is 1. The molecule has 0 aliphatic carbocycles. The third kappa shape index (κ3) is 4.48. The molecule has 0 spiro atoms. The van der Waals surface area contributed by atoms with E-state index in [1.54, 1.807) is 11.8 Å². The smallest absolute Gasteiger partial charge is 0.328 e. The molecule has 1 saturated heterocycles. The average Bonchev–Trinajstić information content (AvgIpc) is 2.71. The summed E-state index contributed by atoms with van der Waals surface area (Å²) in [5.74, 6) is -0.326. The topological polar surface area (TPSA) is 58.6 Å². The number of hydrogen-bond donors (Lipinski definition) is 1. The quantitative estimate of drug-likeness (QED) is 0.794. The van der Waals surface area contributed by atoms with Crippen molar-refractivity contribution in [3.8, 4) is 0 Å². The molecule has 0 aromatic heterocycles. The Labute approximate surface area is 160 Å². The molecular weight excluding hydrogens is 340 g/mol. The van der Waals surface area contributed by atoms with Crippen LogP contribution in [0.3, 0.4) is 0 Å². The molecule has 1 aliphatic heterocycles. The second-order valence-corrected chi connectivity index (χ2v) is 7.02. The van der Waals surface area contributed by atoms with Gasteiger partial charge in [-0.3, -0.25) is 4.79 Å². The molecular formula is C22H28N2O3. The molecule has 2 unspecified atom stereocenters. The lowest BCUT2D eigenvalue weighted by molar-refractivity contribution is -0.156. The minimum Gasteiger partial charge on any atom is -0.464 e. The monoisotopic (exact) mass is 368 g/mol. The Bertz CT molecular complexity index is 800. The predicted octanol–water partition coefficient (Wildman–Crippen LogP) is 3.43. The summed E-state index contributed by atoms with van der Waals surface area (Å²) >= 11 is 0. The number of piperidine rings is 1. The Morgan fingerprint density at radius 1 is 1.19 bits per heavy atom. The summed E-state index contributed by atoms with van der Waals surface area (Å²) in [4.78, 5) is 26.6. The molecule has 2 aromatic rings. The molecule has 2 atom stereocenters. The van der Waals surface area contributed by atoms with Crippen LogP contribution in [0, 0.1) is 0 Å². The first-order valence-electron chi connectivity index (χ1n) is 9.79. The van der Waals surface area contributed by atoms with Crippen molar-refractivity contribution in [1.82, 2.24) is 10.2 Å². The van der Waals surface area contributed by atoms with Gasteiger partial charge in [-0.15, -0.1) is 0 Å². The van der Waals surface area contributed by atoms with Gasteiger partial charge in [-0.2, -0.15) is 0 Å². The van der Waals surface area contributed by atoms with Crippen LogP contribution >= 0.6 is 0 Å². The first kappa shape index (κ1) is 19.4. The Morgan fingerprint density at radius 3 is 2.78 bits per heavy atom. The van der Waals surface area contributed by atoms with Crippen LogP contribution in [0.15, 0.2) is 42.5 Å². The molecule has 0 bridgehead atoms. The van der Waals surface area contributed by atoms with Crippen molar-refractivity contribution in [3.63, 3.8) is 0 Å². The first-order chi connectivity index (χ1) is 13.1. The second-order valence-electron chi connectivity index (χ2n) is 7.02. The van der Waals surface area contributed by atoms with E-state index in [9.17, 15) is 9.59 Å². The number of esters is 1. The predicted molar refractivity (Wildman–Crippen MR) is 106 cm³/mol. The van der Waals surface area contributed by atoms with E-state index in [2.05, 4.69) is 36.5 Å². The van der Waals surface area contributed by atoms with Gasteiger partial charge in [-0.25, -0.2) is 4.79 Å². The summed E-state index contributed by atoms with van der Waals surface area (Å²) in [6, 6.07) is 14.1. The zero-order chi connectivity index (χ0) is 19.2. The fraction of sp³-hybridized carbons (Fsp3) is 0.455. The third-order valence-corrected chi connectivity index (χ3v) is 5.23. The van der Waals surface area contributed by atoms with E-state index in [0.29, 0.717) is 19.6 Å². The van der Waals surface area contributed by atoms with Crippen LogP contribution in [-0.2, 0) is 14.3 Å². The van der Waals surface area contributed by atoms with E-state index < -0.39 is 6.04 Å². The minimum atomic E-state index is -0.444. The number of hydrogen-bond acceptors (Lipinski definition) is 4. The summed E-state index contributed by atoms with van der Waals surface area (Å²) in [6.07, 6.45) is 2.57. The Hall–Kier alpha value is -2.40. The molecule has 0 saturated carbocycles. The molecule has 2 aromatic carbocycles. The highest BCUT2D eigenvalue weighted by Gasteiger charge is 2.32. The lowest BCUT2D eigenvalue weighted by atomic mass is 9.99. The van der Waals surface area contributed by atoms with Gasteiger partial charge in [0.1, 0.15) is 6.04 Å². The zero-order valence-corrected chi connectivity index (χ0v) is 16.1. The summed E-state index contributed by atoms with van der Waals surface area (Å²) in [7, 11) is 0. The second kappa shape index (κ2) is 9.00. The van der Waals surface area contributed by atoms with Crippen molar-refractivity contribution in [3.05, 3.63) is 48.0 Å². The molecule has 3 rings (SSSR count). The van der Waals surface area contributed by atoms with Gasteiger partial charge in [0, 0.05) is 12.6 Å². The van der Waals surface area contributed by atoms with Crippen LogP contribution in [0.25, 0.3) is 10.8 Å². The fourth-order valence-corrected chi connectivity index (χ4v) is 3.79. The number of fused-ring (bicyclic) bond motifs is 1. The van der Waals surface area contributed by atoms with E-state index in [1.807, 2.05) is 18.2 Å². The van der Waals surface area contributed by atoms with Crippen LogP contribution in [0.1, 0.15) is 44.7 Å². The van der Waals surface area contributed by atoms with Gasteiger partial charge < -0.3 is 15.0 Å².